The van der Waals surface area contributed by atoms with Gasteiger partial charge in [0.25, 0.3) is 0 Å². The fraction of sp³-hybridized carbons (Fsp3) is 0.467. The number of nitrogens with zero attached hydrogens (tertiary/aromatic N) is 6. The molecule has 3 heterocycles. The molecule has 6 heteroatoms. The molecule has 1 aliphatic heterocycles. The van der Waals surface area contributed by atoms with Crippen molar-refractivity contribution in [2.75, 3.05) is 36.0 Å². The van der Waals surface area contributed by atoms with Crippen molar-refractivity contribution in [2.24, 2.45) is 0 Å². The lowest BCUT2D eigenvalue weighted by molar-refractivity contribution is 0.632. The molecule has 0 aromatic carbocycles. The van der Waals surface area contributed by atoms with Gasteiger partial charge >= 0.3 is 0 Å². The first-order valence-corrected chi connectivity index (χ1v) is 7.37. The summed E-state index contributed by atoms with van der Waals surface area (Å²) in [6.07, 6.45) is 4.51. The Bertz CT molecular complexity index is 592. The Morgan fingerprint density at radius 1 is 1.00 bits per heavy atom. The van der Waals surface area contributed by atoms with E-state index in [1.54, 1.807) is 12.4 Å². The SMILES string of the molecule is CCc1cc(N2CCN(c3ncccn3)CC2)nc(C)n1. The number of aryl methyl sites for hydroxylation is 2. The Morgan fingerprint density at radius 3 is 2.33 bits per heavy atom. The van der Waals surface area contributed by atoms with Crippen molar-refractivity contribution in [3.63, 3.8) is 0 Å². The average molecular weight is 284 g/mol. The molecule has 1 saturated heterocycles. The Kier molecular flexibility index (Phi) is 3.94. The number of anilines is 2. The van der Waals surface area contributed by atoms with Gasteiger partial charge in [-0.3, -0.25) is 0 Å². The molecule has 2 aromatic rings. The van der Waals surface area contributed by atoms with Crippen LogP contribution in [0, 0.1) is 6.92 Å². The van der Waals surface area contributed by atoms with Crippen molar-refractivity contribution in [1.82, 2.24) is 19.9 Å². The second kappa shape index (κ2) is 6.03. The first-order valence-electron chi connectivity index (χ1n) is 7.37. The minimum atomic E-state index is 0.810. The molecule has 0 spiro atoms. The lowest BCUT2D eigenvalue weighted by atomic mass is 10.2. The standard InChI is InChI=1S/C15H20N6/c1-3-13-11-14(19-12(2)18-13)20-7-9-21(10-8-20)15-16-5-4-6-17-15/h4-6,11H,3,7-10H2,1-2H3. The van der Waals surface area contributed by atoms with Gasteiger partial charge in [-0.15, -0.1) is 0 Å². The summed E-state index contributed by atoms with van der Waals surface area (Å²) in [5.74, 6) is 2.69. The van der Waals surface area contributed by atoms with Gasteiger partial charge in [0, 0.05) is 50.3 Å². The van der Waals surface area contributed by atoms with Crippen molar-refractivity contribution in [2.45, 2.75) is 20.3 Å². The molecule has 110 valence electrons. The Labute approximate surface area is 124 Å². The van der Waals surface area contributed by atoms with E-state index in [9.17, 15) is 0 Å². The highest BCUT2D eigenvalue weighted by atomic mass is 15.3. The minimum absolute atomic E-state index is 0.810. The summed E-state index contributed by atoms with van der Waals surface area (Å²) < 4.78 is 0. The van der Waals surface area contributed by atoms with E-state index in [4.69, 9.17) is 0 Å². The molecule has 2 aromatic heterocycles. The Balaban J connectivity index is 1.70. The van der Waals surface area contributed by atoms with Crippen LogP contribution in [0.5, 0.6) is 0 Å². The third kappa shape index (κ3) is 3.09. The van der Waals surface area contributed by atoms with Crippen LogP contribution in [0.4, 0.5) is 11.8 Å². The molecule has 1 fully saturated rings. The highest BCUT2D eigenvalue weighted by molar-refractivity contribution is 5.43. The van der Waals surface area contributed by atoms with Crippen LogP contribution in [0.1, 0.15) is 18.4 Å². The van der Waals surface area contributed by atoms with Crippen molar-refractivity contribution in [3.8, 4) is 0 Å². The van der Waals surface area contributed by atoms with Crippen LogP contribution in [0.15, 0.2) is 24.5 Å². The van der Waals surface area contributed by atoms with Gasteiger partial charge in [-0.25, -0.2) is 19.9 Å². The van der Waals surface area contributed by atoms with Crippen molar-refractivity contribution in [3.05, 3.63) is 36.0 Å². The van der Waals surface area contributed by atoms with E-state index in [0.717, 1.165) is 55.9 Å². The highest BCUT2D eigenvalue weighted by Crippen LogP contribution is 2.17. The minimum Gasteiger partial charge on any atom is -0.353 e. The van der Waals surface area contributed by atoms with Crippen LogP contribution >= 0.6 is 0 Å². The molecular formula is C15H20N6. The maximum atomic E-state index is 4.57. The summed E-state index contributed by atoms with van der Waals surface area (Å²) in [5, 5.41) is 0. The molecule has 0 unspecified atom stereocenters. The zero-order valence-corrected chi connectivity index (χ0v) is 12.5. The molecule has 0 radical (unpaired) electrons. The first-order chi connectivity index (χ1) is 10.3. The first kappa shape index (κ1) is 13.7. The van der Waals surface area contributed by atoms with E-state index in [0.29, 0.717) is 0 Å². The van der Waals surface area contributed by atoms with Crippen LogP contribution in [0.2, 0.25) is 0 Å². The largest absolute Gasteiger partial charge is 0.353 e. The summed E-state index contributed by atoms with van der Waals surface area (Å²) >= 11 is 0. The normalized spacial score (nSPS) is 15.3. The molecule has 6 nitrogen and oxygen atoms in total. The van der Waals surface area contributed by atoms with Gasteiger partial charge in [0.05, 0.1) is 0 Å². The summed E-state index contributed by atoms with van der Waals surface area (Å²) in [6.45, 7) is 7.76. The second-order valence-electron chi connectivity index (χ2n) is 5.14. The molecule has 0 amide bonds. The van der Waals surface area contributed by atoms with Crippen molar-refractivity contribution >= 4 is 11.8 Å². The quantitative estimate of drug-likeness (QED) is 0.850. The predicted molar refractivity (Wildman–Crippen MR) is 82.6 cm³/mol. The van der Waals surface area contributed by atoms with E-state index in [1.807, 2.05) is 13.0 Å². The molecule has 0 bridgehead atoms. The van der Waals surface area contributed by atoms with Crippen molar-refractivity contribution < 1.29 is 0 Å². The topological polar surface area (TPSA) is 58.0 Å². The smallest absolute Gasteiger partial charge is 0.225 e. The van der Waals surface area contributed by atoms with Crippen LogP contribution in [-0.2, 0) is 6.42 Å². The number of hydrogen-bond donors (Lipinski definition) is 0. The molecule has 0 aliphatic carbocycles. The maximum Gasteiger partial charge on any atom is 0.225 e. The number of rotatable bonds is 3. The fourth-order valence-electron chi connectivity index (χ4n) is 2.55. The van der Waals surface area contributed by atoms with E-state index >= 15 is 0 Å². The zero-order chi connectivity index (χ0) is 14.7. The van der Waals surface area contributed by atoms with Gasteiger partial charge in [-0.05, 0) is 19.4 Å². The highest BCUT2D eigenvalue weighted by Gasteiger charge is 2.20. The summed E-state index contributed by atoms with van der Waals surface area (Å²) in [4.78, 5) is 22.2. The molecular weight excluding hydrogens is 264 g/mol. The van der Waals surface area contributed by atoms with Gasteiger partial charge in [-0.2, -0.15) is 0 Å². The molecule has 0 N–H and O–H groups in total. The predicted octanol–water partition coefficient (Wildman–Crippen LogP) is 1.46. The van der Waals surface area contributed by atoms with E-state index in [2.05, 4.69) is 42.7 Å². The third-order valence-electron chi connectivity index (χ3n) is 3.68. The van der Waals surface area contributed by atoms with Gasteiger partial charge < -0.3 is 9.80 Å². The second-order valence-corrected chi connectivity index (χ2v) is 5.14. The van der Waals surface area contributed by atoms with Crippen LogP contribution in [-0.4, -0.2) is 46.1 Å². The molecule has 21 heavy (non-hydrogen) atoms. The maximum absolute atomic E-state index is 4.57. The lowest BCUT2D eigenvalue weighted by Crippen LogP contribution is -2.47. The van der Waals surface area contributed by atoms with E-state index in [-0.39, 0.29) is 0 Å². The monoisotopic (exact) mass is 284 g/mol. The van der Waals surface area contributed by atoms with E-state index < -0.39 is 0 Å². The van der Waals surface area contributed by atoms with Crippen molar-refractivity contribution in [1.29, 1.82) is 0 Å². The average Bonchev–Trinajstić information content (AvgIpc) is 2.55. The number of aromatic nitrogens is 4. The number of hydrogen-bond acceptors (Lipinski definition) is 6. The van der Waals surface area contributed by atoms with Crippen LogP contribution in [0.3, 0.4) is 0 Å². The summed E-state index contributed by atoms with van der Waals surface area (Å²) in [7, 11) is 0. The Hall–Kier alpha value is -2.24. The molecule has 1 aliphatic rings. The number of piperazine rings is 1. The van der Waals surface area contributed by atoms with Gasteiger partial charge in [-0.1, -0.05) is 6.92 Å². The third-order valence-corrected chi connectivity index (χ3v) is 3.68. The fourth-order valence-corrected chi connectivity index (χ4v) is 2.55. The molecule has 0 saturated carbocycles. The molecule has 0 atom stereocenters. The van der Waals surface area contributed by atoms with Gasteiger partial charge in [0.2, 0.25) is 5.95 Å². The lowest BCUT2D eigenvalue weighted by Gasteiger charge is -2.35. The zero-order valence-electron chi connectivity index (χ0n) is 12.5. The van der Waals surface area contributed by atoms with Gasteiger partial charge in [0.15, 0.2) is 0 Å². The Morgan fingerprint density at radius 2 is 1.67 bits per heavy atom. The molecule has 3 rings (SSSR count). The van der Waals surface area contributed by atoms with Gasteiger partial charge in [0.1, 0.15) is 11.6 Å². The van der Waals surface area contributed by atoms with Crippen LogP contribution in [0.25, 0.3) is 0 Å². The van der Waals surface area contributed by atoms with E-state index in [1.165, 1.54) is 0 Å². The summed E-state index contributed by atoms with van der Waals surface area (Å²) in [6, 6.07) is 3.94. The summed E-state index contributed by atoms with van der Waals surface area (Å²) in [5.41, 5.74) is 1.10. The van der Waals surface area contributed by atoms with Crippen LogP contribution < -0.4 is 9.80 Å².